The van der Waals surface area contributed by atoms with E-state index >= 15 is 0 Å². The molecule has 0 unspecified atom stereocenters. The second-order valence-corrected chi connectivity index (χ2v) is 12.2. The number of nitrogens with one attached hydrogen (secondary N) is 7. The van der Waals surface area contributed by atoms with Crippen molar-refractivity contribution in [2.24, 2.45) is 23.1 Å². The zero-order valence-corrected chi connectivity index (χ0v) is 28.2. The third kappa shape index (κ3) is 14.6. The van der Waals surface area contributed by atoms with Crippen molar-refractivity contribution in [1.29, 1.82) is 0 Å². The fourth-order valence-corrected chi connectivity index (χ4v) is 5.07. The summed E-state index contributed by atoms with van der Waals surface area (Å²) in [6, 6.07) is 3.35. The number of hydrogen-bond donors (Lipinski definition) is 10. The number of carbonyl (C=O) groups excluding carboxylic acids is 7. The Kier molecular flexibility index (Phi) is 17.7. The van der Waals surface area contributed by atoms with Gasteiger partial charge in [-0.25, -0.2) is 0 Å². The number of carbonyl (C=O) groups is 7. The highest BCUT2D eigenvalue weighted by Gasteiger charge is 2.31. The summed E-state index contributed by atoms with van der Waals surface area (Å²) in [6.45, 7) is 3.03. The monoisotopic (exact) mass is 688 g/mol. The van der Waals surface area contributed by atoms with Crippen LogP contribution in [0.1, 0.15) is 51.5 Å². The van der Waals surface area contributed by atoms with E-state index in [2.05, 4.69) is 37.2 Å². The number of amides is 7. The van der Waals surface area contributed by atoms with Gasteiger partial charge < -0.3 is 54.4 Å². The quantitative estimate of drug-likeness (QED) is 0.122. The minimum atomic E-state index is -1.27. The van der Waals surface area contributed by atoms with Gasteiger partial charge in [-0.3, -0.25) is 33.6 Å². The molecule has 0 aromatic heterocycles. The highest BCUT2D eigenvalue weighted by Crippen LogP contribution is 2.08. The standard InChI is InChI=1S/C32H52N10O7/c1-19(2)15-23-31(48)40-22(11-13-34)30(47)42-25(17-35)32(49)41-24(16-20-7-4-3-5-8-20)29(46)36-14-6-9-26(43)38-21(10-12-33)28(45)37-18-27(44)39-23/h3-5,7-8,19,21-25H,6,9-18,33-35H2,1-2H3,(H,36,46)(H,37,45)(H,38,43)(H,39,44)(H,40,48)(H,41,49)(H,42,47)/t21-,22-,23-,24-,25-/m0/s1. The van der Waals surface area contributed by atoms with E-state index in [1.807, 2.05) is 19.9 Å². The van der Waals surface area contributed by atoms with Crippen LogP contribution in [0.15, 0.2) is 30.3 Å². The van der Waals surface area contributed by atoms with Gasteiger partial charge in [0.1, 0.15) is 30.2 Å². The first-order chi connectivity index (χ1) is 23.4. The fourth-order valence-electron chi connectivity index (χ4n) is 5.07. The van der Waals surface area contributed by atoms with Crippen LogP contribution >= 0.6 is 0 Å². The summed E-state index contributed by atoms with van der Waals surface area (Å²) >= 11 is 0. The predicted octanol–water partition coefficient (Wildman–Crippen LogP) is -3.62. The average molecular weight is 689 g/mol. The highest BCUT2D eigenvalue weighted by atomic mass is 16.2. The second-order valence-electron chi connectivity index (χ2n) is 12.2. The maximum Gasteiger partial charge on any atom is 0.244 e. The van der Waals surface area contributed by atoms with Crippen molar-refractivity contribution in [3.05, 3.63) is 35.9 Å². The van der Waals surface area contributed by atoms with Crippen molar-refractivity contribution in [2.75, 3.05) is 32.7 Å². The van der Waals surface area contributed by atoms with E-state index in [-0.39, 0.29) is 70.6 Å². The lowest BCUT2D eigenvalue weighted by molar-refractivity contribution is -0.134. The summed E-state index contributed by atoms with van der Waals surface area (Å²) in [5.41, 5.74) is 18.0. The second kappa shape index (κ2) is 21.4. The van der Waals surface area contributed by atoms with Gasteiger partial charge in [-0.2, -0.15) is 0 Å². The molecule has 13 N–H and O–H groups in total. The van der Waals surface area contributed by atoms with Crippen LogP contribution < -0.4 is 54.4 Å². The number of rotatable bonds is 9. The molecule has 7 amide bonds. The third-order valence-corrected chi connectivity index (χ3v) is 7.64. The summed E-state index contributed by atoms with van der Waals surface area (Å²) in [6.07, 6.45) is 0.598. The van der Waals surface area contributed by atoms with Crippen LogP contribution in [0.5, 0.6) is 0 Å². The summed E-state index contributed by atoms with van der Waals surface area (Å²) < 4.78 is 0. The molecule has 5 atom stereocenters. The Labute approximate surface area is 286 Å². The Morgan fingerprint density at radius 2 is 1.16 bits per heavy atom. The molecule has 1 saturated heterocycles. The lowest BCUT2D eigenvalue weighted by Gasteiger charge is -2.26. The Balaban J connectivity index is 2.38. The topological polar surface area (TPSA) is 282 Å². The fraction of sp³-hybridized carbons (Fsp3) is 0.594. The predicted molar refractivity (Wildman–Crippen MR) is 181 cm³/mol. The zero-order valence-electron chi connectivity index (χ0n) is 28.2. The van der Waals surface area contributed by atoms with Crippen LogP contribution in [0.4, 0.5) is 0 Å². The van der Waals surface area contributed by atoms with Crippen LogP contribution in [-0.4, -0.2) is 104 Å². The number of nitrogens with two attached hydrogens (primary N) is 3. The molecular weight excluding hydrogens is 636 g/mol. The van der Waals surface area contributed by atoms with Gasteiger partial charge in [0, 0.05) is 25.9 Å². The highest BCUT2D eigenvalue weighted by molar-refractivity contribution is 5.96. The Morgan fingerprint density at radius 3 is 1.78 bits per heavy atom. The normalized spacial score (nSPS) is 24.4. The van der Waals surface area contributed by atoms with Gasteiger partial charge >= 0.3 is 0 Å². The molecule has 0 radical (unpaired) electrons. The molecule has 2 rings (SSSR count). The molecule has 17 heteroatoms. The van der Waals surface area contributed by atoms with E-state index in [0.29, 0.717) is 0 Å². The molecule has 49 heavy (non-hydrogen) atoms. The lowest BCUT2D eigenvalue weighted by Crippen LogP contribution is -2.60. The van der Waals surface area contributed by atoms with E-state index < -0.39 is 78.1 Å². The van der Waals surface area contributed by atoms with Crippen molar-refractivity contribution >= 4 is 41.4 Å². The Hall–Kier alpha value is -4.61. The molecule has 1 aromatic carbocycles. The smallest absolute Gasteiger partial charge is 0.244 e. The van der Waals surface area contributed by atoms with Gasteiger partial charge in [-0.15, -0.1) is 0 Å². The van der Waals surface area contributed by atoms with Gasteiger partial charge in [0.2, 0.25) is 41.4 Å². The van der Waals surface area contributed by atoms with Gasteiger partial charge in [0.25, 0.3) is 0 Å². The molecule has 17 nitrogen and oxygen atoms in total. The van der Waals surface area contributed by atoms with Crippen molar-refractivity contribution in [3.63, 3.8) is 0 Å². The van der Waals surface area contributed by atoms with Crippen molar-refractivity contribution in [3.8, 4) is 0 Å². The van der Waals surface area contributed by atoms with E-state index in [0.717, 1.165) is 5.56 Å². The van der Waals surface area contributed by atoms with Crippen molar-refractivity contribution in [2.45, 2.75) is 82.6 Å². The van der Waals surface area contributed by atoms with E-state index in [4.69, 9.17) is 17.2 Å². The summed E-state index contributed by atoms with van der Waals surface area (Å²) in [5, 5.41) is 18.2. The first-order valence-corrected chi connectivity index (χ1v) is 16.6. The number of hydrogen-bond acceptors (Lipinski definition) is 10. The van der Waals surface area contributed by atoms with Gasteiger partial charge in [-0.1, -0.05) is 44.2 Å². The van der Waals surface area contributed by atoms with Crippen LogP contribution in [0.3, 0.4) is 0 Å². The molecule has 1 aromatic rings. The van der Waals surface area contributed by atoms with Crippen LogP contribution in [0.2, 0.25) is 0 Å². The maximum absolute atomic E-state index is 13.4. The first kappa shape index (κ1) is 40.6. The summed E-state index contributed by atoms with van der Waals surface area (Å²) in [5.74, 6) is -4.51. The molecule has 0 saturated carbocycles. The van der Waals surface area contributed by atoms with E-state index in [9.17, 15) is 33.6 Å². The van der Waals surface area contributed by atoms with Crippen LogP contribution in [0.25, 0.3) is 0 Å². The van der Waals surface area contributed by atoms with Gasteiger partial charge in [0.05, 0.1) is 6.54 Å². The molecular formula is C32H52N10O7. The SMILES string of the molecule is CC(C)C[C@@H]1NC(=O)CNC(=O)[C@H](CCN)NC(=O)CCCNC(=O)[C@H](Cc2ccccc2)NC(=O)[C@H](CN)NC(=O)[C@H](CCN)NC1=O. The molecule has 1 aliphatic heterocycles. The maximum atomic E-state index is 13.4. The Bertz CT molecular complexity index is 1280. The number of benzene rings is 1. The minimum absolute atomic E-state index is 0.00216. The Morgan fingerprint density at radius 1 is 0.633 bits per heavy atom. The first-order valence-electron chi connectivity index (χ1n) is 16.6. The third-order valence-electron chi connectivity index (χ3n) is 7.64. The van der Waals surface area contributed by atoms with E-state index in [1.165, 1.54) is 0 Å². The van der Waals surface area contributed by atoms with Crippen LogP contribution in [0, 0.1) is 5.92 Å². The molecule has 1 fully saturated rings. The zero-order chi connectivity index (χ0) is 36.3. The lowest BCUT2D eigenvalue weighted by atomic mass is 10.0. The minimum Gasteiger partial charge on any atom is -0.354 e. The summed E-state index contributed by atoms with van der Waals surface area (Å²) in [4.78, 5) is 91.7. The molecule has 272 valence electrons. The summed E-state index contributed by atoms with van der Waals surface area (Å²) in [7, 11) is 0. The van der Waals surface area contributed by atoms with Crippen molar-refractivity contribution < 1.29 is 33.6 Å². The van der Waals surface area contributed by atoms with Crippen LogP contribution in [-0.2, 0) is 40.0 Å². The largest absolute Gasteiger partial charge is 0.354 e. The molecule has 0 aliphatic carbocycles. The van der Waals surface area contributed by atoms with E-state index in [1.54, 1.807) is 24.3 Å². The van der Waals surface area contributed by atoms with Gasteiger partial charge in [0.15, 0.2) is 0 Å². The van der Waals surface area contributed by atoms with Crippen molar-refractivity contribution in [1.82, 2.24) is 37.2 Å². The average Bonchev–Trinajstić information content (AvgIpc) is 3.06. The molecule has 0 spiro atoms. The molecule has 1 heterocycles. The molecule has 0 bridgehead atoms. The van der Waals surface area contributed by atoms with Gasteiger partial charge in [-0.05, 0) is 50.3 Å². The molecule has 1 aliphatic rings.